The number of rotatable bonds is 8. The molecule has 28 heavy (non-hydrogen) atoms. The topological polar surface area (TPSA) is 81.7 Å². The first-order chi connectivity index (χ1) is 13.4. The predicted molar refractivity (Wildman–Crippen MR) is 105 cm³/mol. The number of esters is 2. The third kappa shape index (κ3) is 6.23. The molecule has 0 aliphatic carbocycles. The summed E-state index contributed by atoms with van der Waals surface area (Å²) < 4.78 is 10.3. The molecule has 0 aromatic heterocycles. The number of nitrogens with one attached hydrogen (secondary N) is 1. The number of benzene rings is 2. The van der Waals surface area contributed by atoms with Crippen LogP contribution in [0.15, 0.2) is 54.6 Å². The van der Waals surface area contributed by atoms with Gasteiger partial charge in [0.15, 0.2) is 0 Å². The van der Waals surface area contributed by atoms with Gasteiger partial charge in [-0.05, 0) is 37.1 Å². The first-order valence-corrected chi connectivity index (χ1v) is 9.15. The van der Waals surface area contributed by atoms with E-state index >= 15 is 0 Å². The van der Waals surface area contributed by atoms with Crippen LogP contribution in [0.4, 0.5) is 0 Å². The van der Waals surface area contributed by atoms with Crippen LogP contribution in [0.1, 0.15) is 40.1 Å². The van der Waals surface area contributed by atoms with Crippen molar-refractivity contribution >= 4 is 17.8 Å². The van der Waals surface area contributed by atoms with Crippen molar-refractivity contribution in [2.75, 3.05) is 13.2 Å². The summed E-state index contributed by atoms with van der Waals surface area (Å²) in [4.78, 5) is 36.6. The van der Waals surface area contributed by atoms with Crippen LogP contribution >= 0.6 is 0 Å². The largest absolute Gasteiger partial charge is 0.461 e. The zero-order valence-electron chi connectivity index (χ0n) is 16.3. The Hall–Kier alpha value is -3.15. The highest BCUT2D eigenvalue weighted by molar-refractivity contribution is 5.97. The van der Waals surface area contributed by atoms with Gasteiger partial charge in [-0.15, -0.1) is 0 Å². The van der Waals surface area contributed by atoms with Gasteiger partial charge in [0.05, 0.1) is 5.56 Å². The van der Waals surface area contributed by atoms with E-state index in [0.29, 0.717) is 11.1 Å². The van der Waals surface area contributed by atoms with Crippen LogP contribution in [0.2, 0.25) is 0 Å². The van der Waals surface area contributed by atoms with Crippen molar-refractivity contribution in [3.63, 3.8) is 0 Å². The molecule has 2 rings (SSSR count). The molecule has 0 fully saturated rings. The van der Waals surface area contributed by atoms with Crippen LogP contribution in [-0.2, 0) is 14.3 Å². The minimum atomic E-state index is -0.794. The Morgan fingerprint density at radius 1 is 0.893 bits per heavy atom. The molecule has 0 aliphatic heterocycles. The van der Waals surface area contributed by atoms with Crippen molar-refractivity contribution < 1.29 is 23.9 Å². The molecule has 0 bridgehead atoms. The summed E-state index contributed by atoms with van der Waals surface area (Å²) in [5, 5.41) is 2.71. The molecule has 148 valence electrons. The molecular formula is C22H25NO5. The molecule has 2 aromatic carbocycles. The number of ether oxygens (including phenoxy) is 2. The lowest BCUT2D eigenvalue weighted by Gasteiger charge is -2.21. The Morgan fingerprint density at radius 2 is 1.54 bits per heavy atom. The van der Waals surface area contributed by atoms with E-state index in [1.165, 1.54) is 0 Å². The van der Waals surface area contributed by atoms with Crippen LogP contribution in [0.5, 0.6) is 0 Å². The first kappa shape index (κ1) is 21.2. The molecule has 1 N–H and O–H groups in total. The number of amides is 1. The molecule has 2 aromatic rings. The van der Waals surface area contributed by atoms with Crippen molar-refractivity contribution in [2.45, 2.75) is 26.8 Å². The molecule has 6 heteroatoms. The van der Waals surface area contributed by atoms with Crippen LogP contribution < -0.4 is 5.32 Å². The summed E-state index contributed by atoms with van der Waals surface area (Å²) in [6, 6.07) is 14.9. The van der Waals surface area contributed by atoms with E-state index in [9.17, 15) is 14.4 Å². The highest BCUT2D eigenvalue weighted by atomic mass is 16.6. The number of hydrogen-bond donors (Lipinski definition) is 1. The smallest absolute Gasteiger partial charge is 0.338 e. The predicted octanol–water partition coefficient (Wildman–Crippen LogP) is 3.15. The Labute approximate surface area is 164 Å². The van der Waals surface area contributed by atoms with Crippen LogP contribution in [-0.4, -0.2) is 37.1 Å². The van der Waals surface area contributed by atoms with E-state index in [1.807, 2.05) is 26.8 Å². The third-order valence-electron chi connectivity index (χ3n) is 4.06. The number of carbonyl (C=O) groups is 3. The molecule has 1 unspecified atom stereocenters. The molecule has 0 spiro atoms. The molecular weight excluding hydrogens is 358 g/mol. The minimum absolute atomic E-state index is 0.0594. The zero-order valence-corrected chi connectivity index (χ0v) is 16.3. The molecule has 1 atom stereocenters. The third-order valence-corrected chi connectivity index (χ3v) is 4.06. The summed E-state index contributed by atoms with van der Waals surface area (Å²) in [6.45, 7) is 5.38. The average Bonchev–Trinajstić information content (AvgIpc) is 2.69. The van der Waals surface area contributed by atoms with Crippen molar-refractivity contribution in [1.82, 2.24) is 5.32 Å². The summed E-state index contributed by atoms with van der Waals surface area (Å²) in [5.74, 6) is -1.54. The molecule has 0 radical (unpaired) electrons. The standard InChI is InChI=1S/C22H25NO5/c1-15(2)19(23-20(24)18-11-7-8-16(3)14-18)22(26)28-13-12-27-21(25)17-9-5-4-6-10-17/h4-11,14-15,19H,12-13H2,1-3H3,(H,23,24). The highest BCUT2D eigenvalue weighted by Gasteiger charge is 2.26. The summed E-state index contributed by atoms with van der Waals surface area (Å²) in [7, 11) is 0. The fourth-order valence-corrected chi connectivity index (χ4v) is 2.53. The van der Waals surface area contributed by atoms with Gasteiger partial charge in [0.1, 0.15) is 19.3 Å². The Bertz CT molecular complexity index is 817. The van der Waals surface area contributed by atoms with Gasteiger partial charge in [0, 0.05) is 5.56 Å². The maximum absolute atomic E-state index is 12.4. The van der Waals surface area contributed by atoms with Gasteiger partial charge in [-0.3, -0.25) is 4.79 Å². The van der Waals surface area contributed by atoms with Gasteiger partial charge in [0.2, 0.25) is 0 Å². The molecule has 0 heterocycles. The van der Waals surface area contributed by atoms with Crippen molar-refractivity contribution in [3.8, 4) is 0 Å². The van der Waals surface area contributed by atoms with Crippen LogP contribution in [0.3, 0.4) is 0 Å². The maximum Gasteiger partial charge on any atom is 0.338 e. The van der Waals surface area contributed by atoms with Gasteiger partial charge in [0.25, 0.3) is 5.91 Å². The summed E-state index contributed by atoms with van der Waals surface area (Å²) in [6.07, 6.45) is 0. The van der Waals surface area contributed by atoms with Crippen molar-refractivity contribution in [1.29, 1.82) is 0 Å². The van der Waals surface area contributed by atoms with Crippen LogP contribution in [0.25, 0.3) is 0 Å². The Kier molecular flexibility index (Phi) is 7.75. The number of carbonyl (C=O) groups excluding carboxylic acids is 3. The quantitative estimate of drug-likeness (QED) is 0.559. The lowest BCUT2D eigenvalue weighted by atomic mass is 10.0. The van der Waals surface area contributed by atoms with Gasteiger partial charge in [-0.1, -0.05) is 49.7 Å². The van der Waals surface area contributed by atoms with Crippen molar-refractivity contribution in [3.05, 3.63) is 71.3 Å². The van der Waals surface area contributed by atoms with Gasteiger partial charge in [-0.25, -0.2) is 9.59 Å². The second-order valence-corrected chi connectivity index (χ2v) is 6.73. The first-order valence-electron chi connectivity index (χ1n) is 9.15. The van der Waals surface area contributed by atoms with E-state index in [-0.39, 0.29) is 25.0 Å². The maximum atomic E-state index is 12.4. The molecule has 0 saturated heterocycles. The second kappa shape index (κ2) is 10.3. The average molecular weight is 383 g/mol. The van der Waals surface area contributed by atoms with E-state index in [4.69, 9.17) is 9.47 Å². The lowest BCUT2D eigenvalue weighted by molar-refractivity contribution is -0.148. The molecule has 0 saturated carbocycles. The second-order valence-electron chi connectivity index (χ2n) is 6.73. The Balaban J connectivity index is 1.84. The monoisotopic (exact) mass is 383 g/mol. The van der Waals surface area contributed by atoms with Gasteiger partial charge < -0.3 is 14.8 Å². The van der Waals surface area contributed by atoms with E-state index < -0.39 is 18.0 Å². The molecule has 0 aliphatic rings. The van der Waals surface area contributed by atoms with Gasteiger partial charge >= 0.3 is 11.9 Å². The Morgan fingerprint density at radius 3 is 2.18 bits per heavy atom. The normalized spacial score (nSPS) is 11.6. The zero-order chi connectivity index (χ0) is 20.5. The van der Waals surface area contributed by atoms with Gasteiger partial charge in [-0.2, -0.15) is 0 Å². The molecule has 6 nitrogen and oxygen atoms in total. The highest BCUT2D eigenvalue weighted by Crippen LogP contribution is 2.09. The van der Waals surface area contributed by atoms with E-state index in [1.54, 1.807) is 48.5 Å². The van der Waals surface area contributed by atoms with E-state index in [2.05, 4.69) is 5.32 Å². The number of hydrogen-bond acceptors (Lipinski definition) is 5. The lowest BCUT2D eigenvalue weighted by Crippen LogP contribution is -2.45. The van der Waals surface area contributed by atoms with Crippen LogP contribution in [0, 0.1) is 12.8 Å². The fraction of sp³-hybridized carbons (Fsp3) is 0.318. The SMILES string of the molecule is Cc1cccc(C(=O)NC(C(=O)OCCOC(=O)c2ccccc2)C(C)C)c1. The fourth-order valence-electron chi connectivity index (χ4n) is 2.53. The minimum Gasteiger partial charge on any atom is -0.461 e. The summed E-state index contributed by atoms with van der Waals surface area (Å²) in [5.41, 5.74) is 1.87. The summed E-state index contributed by atoms with van der Waals surface area (Å²) >= 11 is 0. The molecule has 1 amide bonds. The number of aryl methyl sites for hydroxylation is 1. The van der Waals surface area contributed by atoms with Crippen molar-refractivity contribution in [2.24, 2.45) is 5.92 Å². The van der Waals surface area contributed by atoms with E-state index in [0.717, 1.165) is 5.56 Å².